The number of rotatable bonds is 6. The van der Waals surface area contributed by atoms with Crippen LogP contribution in [0, 0.1) is 22.9 Å². The van der Waals surface area contributed by atoms with Gasteiger partial charge < -0.3 is 5.32 Å². The highest BCUT2D eigenvalue weighted by Crippen LogP contribution is 2.23. The Morgan fingerprint density at radius 3 is 2.63 bits per heavy atom. The third-order valence-electron chi connectivity index (χ3n) is 2.68. The van der Waals surface area contributed by atoms with Crippen LogP contribution < -0.4 is 5.32 Å². The van der Waals surface area contributed by atoms with Crippen LogP contribution in [-0.4, -0.2) is 23.3 Å². The van der Waals surface area contributed by atoms with Gasteiger partial charge in [0.1, 0.15) is 5.82 Å². The molecule has 1 aromatic rings. The fraction of sp³-hybridized carbons (Fsp3) is 0.462. The van der Waals surface area contributed by atoms with E-state index in [-0.39, 0.29) is 29.4 Å². The first-order valence-corrected chi connectivity index (χ1v) is 6.04. The lowest BCUT2D eigenvalue weighted by Gasteiger charge is -2.08. The van der Waals surface area contributed by atoms with Gasteiger partial charge in [0.25, 0.3) is 5.69 Å². The van der Waals surface area contributed by atoms with Crippen molar-refractivity contribution in [3.63, 3.8) is 0 Å². The molecular formula is C13H17FN2O3. The van der Waals surface area contributed by atoms with Crippen molar-refractivity contribution >= 4 is 11.5 Å². The number of nitrogens with zero attached hydrogens (tertiary/aromatic N) is 1. The van der Waals surface area contributed by atoms with E-state index < -0.39 is 16.4 Å². The number of Topliss-reactive ketones (excluding diaryl/α,β-unsaturated/α-hetero) is 1. The first kappa shape index (κ1) is 15.2. The monoisotopic (exact) mass is 268 g/mol. The zero-order chi connectivity index (χ0) is 14.6. The van der Waals surface area contributed by atoms with E-state index >= 15 is 0 Å². The Labute approximate surface area is 111 Å². The van der Waals surface area contributed by atoms with Crippen LogP contribution in [0.2, 0.25) is 0 Å². The Hall–Kier alpha value is -1.82. The Morgan fingerprint density at radius 1 is 1.47 bits per heavy atom. The van der Waals surface area contributed by atoms with Crippen molar-refractivity contribution in [3.8, 4) is 0 Å². The van der Waals surface area contributed by atoms with Gasteiger partial charge in [-0.2, -0.15) is 0 Å². The predicted octanol–water partition coefficient (Wildman–Crippen LogP) is 2.61. The standard InChI is InChI=1S/C13H17FN2O3/c1-8(2)15-5-4-13(17)10-6-9(3)11(14)7-12(10)16(18)19/h6-8,15H,4-5H2,1-3H3. The zero-order valence-electron chi connectivity index (χ0n) is 11.2. The van der Waals surface area contributed by atoms with Gasteiger partial charge in [0, 0.05) is 19.0 Å². The van der Waals surface area contributed by atoms with Crippen molar-refractivity contribution in [3.05, 3.63) is 39.2 Å². The number of hydrogen-bond donors (Lipinski definition) is 1. The fourth-order valence-electron chi connectivity index (χ4n) is 1.65. The number of ketones is 1. The summed E-state index contributed by atoms with van der Waals surface area (Å²) in [6.45, 7) is 5.79. The summed E-state index contributed by atoms with van der Waals surface area (Å²) in [5.41, 5.74) is -0.280. The van der Waals surface area contributed by atoms with Gasteiger partial charge in [-0.05, 0) is 18.6 Å². The van der Waals surface area contributed by atoms with E-state index in [0.29, 0.717) is 6.54 Å². The molecule has 0 aliphatic heterocycles. The molecule has 0 unspecified atom stereocenters. The van der Waals surface area contributed by atoms with E-state index in [9.17, 15) is 19.3 Å². The molecule has 0 radical (unpaired) electrons. The fourth-order valence-corrected chi connectivity index (χ4v) is 1.65. The second-order valence-corrected chi connectivity index (χ2v) is 4.66. The highest BCUT2D eigenvalue weighted by molar-refractivity contribution is 6.00. The molecule has 0 saturated heterocycles. The summed E-state index contributed by atoms with van der Waals surface area (Å²) in [5.74, 6) is -1.04. The van der Waals surface area contributed by atoms with Crippen LogP contribution in [0.25, 0.3) is 0 Å². The van der Waals surface area contributed by atoms with E-state index in [4.69, 9.17) is 0 Å². The maximum Gasteiger partial charge on any atom is 0.283 e. The zero-order valence-corrected chi connectivity index (χ0v) is 11.2. The SMILES string of the molecule is Cc1cc(C(=O)CCNC(C)C)c([N+](=O)[O-])cc1F. The maximum absolute atomic E-state index is 13.3. The normalized spacial score (nSPS) is 10.8. The molecule has 0 heterocycles. The topological polar surface area (TPSA) is 72.2 Å². The second-order valence-electron chi connectivity index (χ2n) is 4.66. The number of halogens is 1. The smallest absolute Gasteiger partial charge is 0.283 e. The second kappa shape index (κ2) is 6.38. The van der Waals surface area contributed by atoms with E-state index in [0.717, 1.165) is 6.07 Å². The Bertz CT molecular complexity index is 501. The third-order valence-corrected chi connectivity index (χ3v) is 2.68. The van der Waals surface area contributed by atoms with Gasteiger partial charge in [-0.15, -0.1) is 0 Å². The van der Waals surface area contributed by atoms with Crippen LogP contribution in [0.5, 0.6) is 0 Å². The van der Waals surface area contributed by atoms with Crippen LogP contribution in [0.4, 0.5) is 10.1 Å². The lowest BCUT2D eigenvalue weighted by atomic mass is 10.0. The summed E-state index contributed by atoms with van der Waals surface area (Å²) >= 11 is 0. The summed E-state index contributed by atoms with van der Waals surface area (Å²) in [7, 11) is 0. The average molecular weight is 268 g/mol. The van der Waals surface area contributed by atoms with Crippen molar-refractivity contribution in [2.24, 2.45) is 0 Å². The van der Waals surface area contributed by atoms with Crippen LogP contribution >= 0.6 is 0 Å². The molecule has 104 valence electrons. The molecule has 0 fully saturated rings. The largest absolute Gasteiger partial charge is 0.314 e. The lowest BCUT2D eigenvalue weighted by molar-refractivity contribution is -0.385. The minimum Gasteiger partial charge on any atom is -0.314 e. The Balaban J connectivity index is 2.95. The Morgan fingerprint density at radius 2 is 2.11 bits per heavy atom. The minimum atomic E-state index is -0.731. The molecule has 19 heavy (non-hydrogen) atoms. The van der Waals surface area contributed by atoms with Gasteiger partial charge in [-0.3, -0.25) is 14.9 Å². The summed E-state index contributed by atoms with van der Waals surface area (Å²) in [4.78, 5) is 22.1. The van der Waals surface area contributed by atoms with E-state index in [2.05, 4.69) is 5.32 Å². The summed E-state index contributed by atoms with van der Waals surface area (Å²) < 4.78 is 13.3. The van der Waals surface area contributed by atoms with Gasteiger partial charge in [0.2, 0.25) is 0 Å². The van der Waals surface area contributed by atoms with Gasteiger partial charge in [0.05, 0.1) is 16.6 Å². The van der Waals surface area contributed by atoms with Gasteiger partial charge >= 0.3 is 0 Å². The third kappa shape index (κ3) is 4.10. The van der Waals surface area contributed by atoms with E-state index in [1.807, 2.05) is 13.8 Å². The van der Waals surface area contributed by atoms with E-state index in [1.165, 1.54) is 13.0 Å². The van der Waals surface area contributed by atoms with Gasteiger partial charge in [-0.25, -0.2) is 4.39 Å². The number of nitro benzene ring substituents is 1. The van der Waals surface area contributed by atoms with Crippen LogP contribution in [-0.2, 0) is 0 Å². The quantitative estimate of drug-likeness (QED) is 0.489. The number of nitrogens with one attached hydrogen (secondary N) is 1. The Kier molecular flexibility index (Phi) is 5.11. The molecule has 5 nitrogen and oxygen atoms in total. The van der Waals surface area contributed by atoms with Crippen molar-refractivity contribution in [2.75, 3.05) is 6.54 Å². The maximum atomic E-state index is 13.3. The molecule has 1 rings (SSSR count). The molecule has 0 spiro atoms. The van der Waals surface area contributed by atoms with Crippen LogP contribution in [0.1, 0.15) is 36.2 Å². The molecule has 6 heteroatoms. The summed E-state index contributed by atoms with van der Waals surface area (Å²) in [5, 5.41) is 13.9. The first-order chi connectivity index (χ1) is 8.82. The highest BCUT2D eigenvalue weighted by atomic mass is 19.1. The van der Waals surface area contributed by atoms with Gasteiger partial charge in [-0.1, -0.05) is 13.8 Å². The first-order valence-electron chi connectivity index (χ1n) is 6.04. The number of benzene rings is 1. The van der Waals surface area contributed by atoms with Crippen molar-refractivity contribution in [2.45, 2.75) is 33.2 Å². The molecule has 0 bridgehead atoms. The summed E-state index contributed by atoms with van der Waals surface area (Å²) in [6, 6.07) is 2.28. The molecule has 0 aliphatic carbocycles. The number of aryl methyl sites for hydroxylation is 1. The number of hydrogen-bond acceptors (Lipinski definition) is 4. The molecule has 0 amide bonds. The molecule has 0 atom stereocenters. The number of carbonyl (C=O) groups is 1. The van der Waals surface area contributed by atoms with Gasteiger partial charge in [0.15, 0.2) is 5.78 Å². The highest BCUT2D eigenvalue weighted by Gasteiger charge is 2.22. The van der Waals surface area contributed by atoms with Crippen LogP contribution in [0.3, 0.4) is 0 Å². The van der Waals surface area contributed by atoms with E-state index in [1.54, 1.807) is 0 Å². The predicted molar refractivity (Wildman–Crippen MR) is 69.9 cm³/mol. The number of carbonyl (C=O) groups excluding carboxylic acids is 1. The van der Waals surface area contributed by atoms with Crippen LogP contribution in [0.15, 0.2) is 12.1 Å². The molecular weight excluding hydrogens is 251 g/mol. The number of nitro groups is 1. The average Bonchev–Trinajstić information content (AvgIpc) is 2.31. The molecule has 0 aromatic heterocycles. The molecule has 0 saturated carbocycles. The molecule has 0 aliphatic rings. The molecule has 1 N–H and O–H groups in total. The van der Waals surface area contributed by atoms with Crippen molar-refractivity contribution < 1.29 is 14.1 Å². The van der Waals surface area contributed by atoms with Crippen molar-refractivity contribution in [1.82, 2.24) is 5.32 Å². The summed E-state index contributed by atoms with van der Waals surface area (Å²) in [6.07, 6.45) is 0.143. The van der Waals surface area contributed by atoms with Crippen molar-refractivity contribution in [1.29, 1.82) is 0 Å². The minimum absolute atomic E-state index is 0.0329. The lowest BCUT2D eigenvalue weighted by Crippen LogP contribution is -2.25. The molecule has 1 aromatic carbocycles.